The van der Waals surface area contributed by atoms with Crippen molar-refractivity contribution >= 4 is 17.5 Å². The lowest BCUT2D eigenvalue weighted by molar-refractivity contribution is 0.102. The predicted octanol–water partition coefficient (Wildman–Crippen LogP) is 4.58. The van der Waals surface area contributed by atoms with Crippen molar-refractivity contribution in [2.75, 3.05) is 19.3 Å². The summed E-state index contributed by atoms with van der Waals surface area (Å²) in [5.74, 6) is 0.304. The van der Waals surface area contributed by atoms with E-state index in [1.54, 1.807) is 0 Å². The topological polar surface area (TPSA) is 57.0 Å². The summed E-state index contributed by atoms with van der Waals surface area (Å²) >= 11 is 1.36. The van der Waals surface area contributed by atoms with Crippen LogP contribution in [0.1, 0.15) is 27.2 Å². The standard InChI is InChI=1S/C24H21N3OS/c1-27-13-12-21-20(15-27)23(18-10-6-3-7-11-18)19(14-25)24(26-21)29-16-22(28)17-8-4-2-5-9-17/h2-11H,12-13,15-16H2,1H3. The fourth-order valence-corrected chi connectivity index (χ4v) is 4.55. The van der Waals surface area contributed by atoms with E-state index >= 15 is 0 Å². The maximum Gasteiger partial charge on any atom is 0.173 e. The second-order valence-electron chi connectivity index (χ2n) is 7.14. The number of thioether (sulfide) groups is 1. The SMILES string of the molecule is CN1CCc2nc(SCC(=O)c3ccccc3)c(C#N)c(-c3ccccc3)c2C1. The number of carbonyl (C=O) groups excluding carboxylic acids is 1. The molecule has 1 aromatic heterocycles. The average Bonchev–Trinajstić information content (AvgIpc) is 2.77. The van der Waals surface area contributed by atoms with Gasteiger partial charge in [0.05, 0.1) is 11.3 Å². The summed E-state index contributed by atoms with van der Waals surface area (Å²) in [6, 6.07) is 21.7. The van der Waals surface area contributed by atoms with E-state index in [9.17, 15) is 10.1 Å². The van der Waals surface area contributed by atoms with Crippen molar-refractivity contribution in [3.63, 3.8) is 0 Å². The van der Waals surface area contributed by atoms with Crippen molar-refractivity contribution in [3.8, 4) is 17.2 Å². The number of rotatable bonds is 5. The van der Waals surface area contributed by atoms with Gasteiger partial charge in [-0.1, -0.05) is 72.4 Å². The maximum absolute atomic E-state index is 12.6. The third kappa shape index (κ3) is 4.09. The highest BCUT2D eigenvalue weighted by molar-refractivity contribution is 8.00. The zero-order valence-electron chi connectivity index (χ0n) is 16.3. The van der Waals surface area contributed by atoms with Gasteiger partial charge in [0.1, 0.15) is 11.1 Å². The van der Waals surface area contributed by atoms with Crippen LogP contribution in [-0.2, 0) is 13.0 Å². The van der Waals surface area contributed by atoms with Crippen molar-refractivity contribution in [2.45, 2.75) is 18.0 Å². The first-order chi connectivity index (χ1) is 14.2. The molecule has 0 unspecified atom stereocenters. The minimum Gasteiger partial charge on any atom is -0.302 e. The van der Waals surface area contributed by atoms with Crippen LogP contribution in [-0.4, -0.2) is 35.0 Å². The number of ketones is 1. The minimum absolute atomic E-state index is 0.0417. The van der Waals surface area contributed by atoms with E-state index in [0.29, 0.717) is 16.2 Å². The molecule has 1 aliphatic rings. The summed E-state index contributed by atoms with van der Waals surface area (Å²) in [5, 5.41) is 10.7. The Hall–Kier alpha value is -2.94. The molecule has 0 radical (unpaired) electrons. The van der Waals surface area contributed by atoms with Gasteiger partial charge in [-0.15, -0.1) is 0 Å². The second kappa shape index (κ2) is 8.60. The third-order valence-electron chi connectivity index (χ3n) is 5.12. The monoisotopic (exact) mass is 399 g/mol. The highest BCUT2D eigenvalue weighted by Gasteiger charge is 2.25. The number of nitrogens with zero attached hydrogens (tertiary/aromatic N) is 3. The van der Waals surface area contributed by atoms with Gasteiger partial charge in [0.15, 0.2) is 5.78 Å². The van der Waals surface area contributed by atoms with E-state index in [1.807, 2.05) is 60.7 Å². The van der Waals surface area contributed by atoms with Gasteiger partial charge in [-0.3, -0.25) is 4.79 Å². The number of pyridine rings is 1. The highest BCUT2D eigenvalue weighted by Crippen LogP contribution is 2.37. The molecule has 1 aliphatic heterocycles. The summed E-state index contributed by atoms with van der Waals surface area (Å²) in [5.41, 5.74) is 5.39. The largest absolute Gasteiger partial charge is 0.302 e. The van der Waals surface area contributed by atoms with E-state index < -0.39 is 0 Å². The molecule has 4 nitrogen and oxygen atoms in total. The lowest BCUT2D eigenvalue weighted by atomic mass is 9.92. The Balaban J connectivity index is 1.75. The molecule has 0 N–H and O–H groups in total. The molecular weight excluding hydrogens is 378 g/mol. The summed E-state index contributed by atoms with van der Waals surface area (Å²) in [4.78, 5) is 19.7. The Kier molecular flexibility index (Phi) is 5.75. The van der Waals surface area contributed by atoms with Gasteiger partial charge < -0.3 is 4.90 Å². The van der Waals surface area contributed by atoms with Crippen LogP contribution in [0, 0.1) is 11.3 Å². The van der Waals surface area contributed by atoms with Crippen molar-refractivity contribution in [1.82, 2.24) is 9.88 Å². The number of nitriles is 1. The Bertz CT molecular complexity index is 1070. The molecule has 29 heavy (non-hydrogen) atoms. The van der Waals surface area contributed by atoms with Gasteiger partial charge in [0.25, 0.3) is 0 Å². The molecule has 0 saturated heterocycles. The van der Waals surface area contributed by atoms with Gasteiger partial charge in [-0.05, 0) is 18.2 Å². The number of fused-ring (bicyclic) bond motifs is 1. The van der Waals surface area contributed by atoms with Crippen molar-refractivity contribution in [2.24, 2.45) is 0 Å². The van der Waals surface area contributed by atoms with Gasteiger partial charge in [-0.2, -0.15) is 5.26 Å². The van der Waals surface area contributed by atoms with Crippen LogP contribution in [0.4, 0.5) is 0 Å². The summed E-state index contributed by atoms with van der Waals surface area (Å²) < 4.78 is 0. The van der Waals surface area contributed by atoms with Gasteiger partial charge in [-0.25, -0.2) is 4.98 Å². The van der Waals surface area contributed by atoms with Crippen LogP contribution in [0.15, 0.2) is 65.7 Å². The number of carbonyl (C=O) groups is 1. The average molecular weight is 400 g/mol. The molecule has 2 heterocycles. The zero-order chi connectivity index (χ0) is 20.2. The second-order valence-corrected chi connectivity index (χ2v) is 8.10. The van der Waals surface area contributed by atoms with Crippen LogP contribution < -0.4 is 0 Å². The van der Waals surface area contributed by atoms with Crippen LogP contribution >= 0.6 is 11.8 Å². The molecule has 0 amide bonds. The predicted molar refractivity (Wildman–Crippen MR) is 116 cm³/mol. The Labute approximate surface area is 175 Å². The number of benzene rings is 2. The van der Waals surface area contributed by atoms with Gasteiger partial charge >= 0.3 is 0 Å². The van der Waals surface area contributed by atoms with E-state index in [4.69, 9.17) is 4.98 Å². The summed E-state index contributed by atoms with van der Waals surface area (Å²) in [6.45, 7) is 1.71. The first kappa shape index (κ1) is 19.4. The number of hydrogen-bond acceptors (Lipinski definition) is 5. The lowest BCUT2D eigenvalue weighted by Crippen LogP contribution is -2.28. The van der Waals surface area contributed by atoms with Crippen molar-refractivity contribution in [3.05, 3.63) is 83.0 Å². The van der Waals surface area contributed by atoms with Crippen molar-refractivity contribution < 1.29 is 4.79 Å². The molecule has 0 aliphatic carbocycles. The molecule has 0 fully saturated rings. The molecule has 2 aromatic carbocycles. The molecule has 3 aromatic rings. The van der Waals surface area contributed by atoms with E-state index in [-0.39, 0.29) is 11.5 Å². The van der Waals surface area contributed by atoms with E-state index in [2.05, 4.69) is 18.0 Å². The van der Waals surface area contributed by atoms with Crippen LogP contribution in [0.3, 0.4) is 0 Å². The first-order valence-electron chi connectivity index (χ1n) is 9.58. The number of likely N-dealkylation sites (N-methyl/N-ethyl adjacent to an activating group) is 1. The number of aromatic nitrogens is 1. The molecule has 0 atom stereocenters. The third-order valence-corrected chi connectivity index (χ3v) is 6.09. The Morgan fingerprint density at radius 1 is 1.14 bits per heavy atom. The molecule has 144 valence electrons. The fourth-order valence-electron chi connectivity index (χ4n) is 3.64. The summed E-state index contributed by atoms with van der Waals surface area (Å²) in [6.07, 6.45) is 0.845. The van der Waals surface area contributed by atoms with Crippen molar-refractivity contribution in [1.29, 1.82) is 5.26 Å². The molecule has 0 spiro atoms. The highest BCUT2D eigenvalue weighted by atomic mass is 32.2. The summed E-state index contributed by atoms with van der Waals surface area (Å²) in [7, 11) is 2.09. The molecule has 0 saturated carbocycles. The fraction of sp³-hybridized carbons (Fsp3) is 0.208. The van der Waals surface area contributed by atoms with E-state index in [1.165, 1.54) is 11.8 Å². The maximum atomic E-state index is 12.6. The Morgan fingerprint density at radius 3 is 2.52 bits per heavy atom. The molecule has 0 bridgehead atoms. The molecular formula is C24H21N3OS. The first-order valence-corrected chi connectivity index (χ1v) is 10.6. The smallest absolute Gasteiger partial charge is 0.173 e. The quantitative estimate of drug-likeness (QED) is 0.464. The normalized spacial score (nSPS) is 13.5. The van der Waals surface area contributed by atoms with Crippen LogP contribution in [0.2, 0.25) is 0 Å². The van der Waals surface area contributed by atoms with Gasteiger partial charge in [0.2, 0.25) is 0 Å². The van der Waals surface area contributed by atoms with Crippen LogP contribution in [0.5, 0.6) is 0 Å². The lowest BCUT2D eigenvalue weighted by Gasteiger charge is -2.28. The number of Topliss-reactive ketones (excluding diaryl/α,β-unsaturated/α-hetero) is 1. The molecule has 5 heteroatoms. The van der Waals surface area contributed by atoms with Crippen LogP contribution in [0.25, 0.3) is 11.1 Å². The zero-order valence-corrected chi connectivity index (χ0v) is 17.1. The minimum atomic E-state index is 0.0417. The van der Waals surface area contributed by atoms with Gasteiger partial charge in [0, 0.05) is 36.3 Å². The molecule has 4 rings (SSSR count). The Morgan fingerprint density at radius 2 is 1.83 bits per heavy atom. The number of hydrogen-bond donors (Lipinski definition) is 0. The van der Waals surface area contributed by atoms with E-state index in [0.717, 1.165) is 41.9 Å².